The zero-order valence-electron chi connectivity index (χ0n) is 16.3. The van der Waals surface area contributed by atoms with Crippen molar-refractivity contribution < 1.29 is 9.59 Å². The maximum absolute atomic E-state index is 13.1. The Morgan fingerprint density at radius 1 is 1.11 bits per heavy atom. The fraction of sp³-hybridized carbons (Fsp3) is 0.667. The second kappa shape index (κ2) is 6.80. The van der Waals surface area contributed by atoms with Crippen LogP contribution in [0.3, 0.4) is 0 Å². The smallest absolute Gasteiger partial charge is 0.261 e. The molecule has 146 valence electrons. The van der Waals surface area contributed by atoms with Gasteiger partial charge in [0.1, 0.15) is 5.56 Å². The number of nitrogens with one attached hydrogen (secondary N) is 1. The number of amides is 2. The van der Waals surface area contributed by atoms with Gasteiger partial charge in [0.15, 0.2) is 0 Å². The molecule has 0 bridgehead atoms. The monoisotopic (exact) mass is 371 g/mol. The van der Waals surface area contributed by atoms with Crippen molar-refractivity contribution in [1.82, 2.24) is 14.8 Å². The van der Waals surface area contributed by atoms with Crippen LogP contribution >= 0.6 is 0 Å². The number of hydrogen-bond donors (Lipinski definition) is 1. The predicted molar refractivity (Wildman–Crippen MR) is 103 cm³/mol. The third-order valence-electron chi connectivity index (χ3n) is 6.60. The van der Waals surface area contributed by atoms with E-state index in [4.69, 9.17) is 0 Å². The molecule has 4 rings (SSSR count). The highest BCUT2D eigenvalue weighted by atomic mass is 16.2. The number of nitrogens with zero attached hydrogens (tertiary/aromatic N) is 2. The Morgan fingerprint density at radius 2 is 1.89 bits per heavy atom. The lowest BCUT2D eigenvalue weighted by Crippen LogP contribution is -2.52. The number of hydrogen-bond acceptors (Lipinski definition) is 3. The molecule has 3 heterocycles. The summed E-state index contributed by atoms with van der Waals surface area (Å²) in [5.41, 5.74) is 1.56. The lowest BCUT2D eigenvalue weighted by atomic mass is 9.78. The van der Waals surface area contributed by atoms with Crippen LogP contribution in [0.1, 0.15) is 67.6 Å². The first-order chi connectivity index (χ1) is 12.9. The quantitative estimate of drug-likeness (QED) is 0.865. The molecule has 0 unspecified atom stereocenters. The molecule has 2 fully saturated rings. The van der Waals surface area contributed by atoms with Crippen molar-refractivity contribution >= 4 is 11.8 Å². The fourth-order valence-corrected chi connectivity index (χ4v) is 5.02. The summed E-state index contributed by atoms with van der Waals surface area (Å²) in [7, 11) is 0. The topological polar surface area (TPSA) is 73.5 Å². The zero-order chi connectivity index (χ0) is 19.2. The van der Waals surface area contributed by atoms with Gasteiger partial charge in [0.05, 0.1) is 5.41 Å². The van der Waals surface area contributed by atoms with Crippen LogP contribution in [0.15, 0.2) is 10.9 Å². The normalized spacial score (nSPS) is 25.4. The van der Waals surface area contributed by atoms with Crippen LogP contribution in [-0.4, -0.2) is 52.3 Å². The number of likely N-dealkylation sites (tertiary alicyclic amines) is 2. The van der Waals surface area contributed by atoms with Crippen LogP contribution in [0, 0.1) is 5.41 Å². The van der Waals surface area contributed by atoms with Gasteiger partial charge in [-0.05, 0) is 70.4 Å². The highest BCUT2D eigenvalue weighted by molar-refractivity contribution is 5.95. The molecule has 1 aromatic heterocycles. The van der Waals surface area contributed by atoms with Crippen molar-refractivity contribution in [3.63, 3.8) is 0 Å². The summed E-state index contributed by atoms with van der Waals surface area (Å²) in [6.45, 7) is 5.87. The molecule has 1 aliphatic carbocycles. The number of aromatic amines is 1. The highest BCUT2D eigenvalue weighted by Gasteiger charge is 2.50. The largest absolute Gasteiger partial charge is 0.340 e. The summed E-state index contributed by atoms with van der Waals surface area (Å²) < 4.78 is 0. The van der Waals surface area contributed by atoms with E-state index in [1.54, 1.807) is 11.0 Å². The minimum atomic E-state index is -0.459. The third-order valence-corrected chi connectivity index (χ3v) is 6.60. The van der Waals surface area contributed by atoms with Gasteiger partial charge in [0.25, 0.3) is 11.5 Å². The second-order valence-corrected chi connectivity index (χ2v) is 8.68. The van der Waals surface area contributed by atoms with Crippen molar-refractivity contribution in [3.05, 3.63) is 33.2 Å². The van der Waals surface area contributed by atoms with E-state index in [1.165, 1.54) is 0 Å². The van der Waals surface area contributed by atoms with Crippen LogP contribution in [0.4, 0.5) is 0 Å². The van der Waals surface area contributed by atoms with Crippen LogP contribution in [0.25, 0.3) is 0 Å². The van der Waals surface area contributed by atoms with Crippen LogP contribution in [0.5, 0.6) is 0 Å². The average molecular weight is 371 g/mol. The Balaban J connectivity index is 1.56. The van der Waals surface area contributed by atoms with E-state index >= 15 is 0 Å². The predicted octanol–water partition coefficient (Wildman–Crippen LogP) is 2.12. The van der Waals surface area contributed by atoms with Crippen LogP contribution in [0.2, 0.25) is 0 Å². The minimum absolute atomic E-state index is 0.179. The summed E-state index contributed by atoms with van der Waals surface area (Å²) in [6, 6.07) is 1.98. The maximum atomic E-state index is 13.1. The van der Waals surface area contributed by atoms with E-state index < -0.39 is 5.41 Å². The van der Waals surface area contributed by atoms with Gasteiger partial charge >= 0.3 is 0 Å². The molecule has 0 aromatic carbocycles. The van der Waals surface area contributed by atoms with E-state index in [2.05, 4.69) is 4.98 Å². The number of H-pyrrole nitrogens is 1. The molecule has 6 heteroatoms. The first-order valence-corrected chi connectivity index (χ1v) is 10.3. The Kier molecular flexibility index (Phi) is 4.60. The zero-order valence-corrected chi connectivity index (χ0v) is 16.3. The molecule has 2 amide bonds. The van der Waals surface area contributed by atoms with Gasteiger partial charge in [0.2, 0.25) is 5.91 Å². The van der Waals surface area contributed by atoms with E-state index in [9.17, 15) is 14.4 Å². The Morgan fingerprint density at radius 3 is 2.67 bits per heavy atom. The number of rotatable bonds is 2. The van der Waals surface area contributed by atoms with Gasteiger partial charge in [-0.15, -0.1) is 0 Å². The number of fused-ring (bicyclic) bond motifs is 1. The molecule has 6 nitrogen and oxygen atoms in total. The van der Waals surface area contributed by atoms with Crippen LogP contribution < -0.4 is 5.56 Å². The summed E-state index contributed by atoms with van der Waals surface area (Å²) >= 11 is 0. The van der Waals surface area contributed by atoms with Gasteiger partial charge in [-0.1, -0.05) is 0 Å². The van der Waals surface area contributed by atoms with Crippen molar-refractivity contribution in [2.24, 2.45) is 5.41 Å². The number of aromatic nitrogens is 1. The number of carbonyl (C=O) groups is 2. The summed E-state index contributed by atoms with van der Waals surface area (Å²) in [6.07, 6.45) is 6.48. The lowest BCUT2D eigenvalue weighted by Gasteiger charge is -2.41. The summed E-state index contributed by atoms with van der Waals surface area (Å²) in [4.78, 5) is 45.2. The minimum Gasteiger partial charge on any atom is -0.340 e. The molecule has 1 spiro atoms. The molecule has 1 atom stereocenters. The Hall–Kier alpha value is -2.11. The number of pyridine rings is 1. The third kappa shape index (κ3) is 3.09. The second-order valence-electron chi connectivity index (χ2n) is 8.68. The molecule has 0 radical (unpaired) electrons. The highest BCUT2D eigenvalue weighted by Crippen LogP contribution is 2.41. The van der Waals surface area contributed by atoms with E-state index in [0.717, 1.165) is 56.3 Å². The van der Waals surface area contributed by atoms with Crippen LogP contribution in [-0.2, 0) is 17.6 Å². The maximum Gasteiger partial charge on any atom is 0.261 e. The van der Waals surface area contributed by atoms with Crippen molar-refractivity contribution in [2.75, 3.05) is 19.6 Å². The molecule has 1 aromatic rings. The number of aryl methyl sites for hydroxylation is 2. The summed E-state index contributed by atoms with van der Waals surface area (Å²) in [5, 5.41) is 0. The van der Waals surface area contributed by atoms with Gasteiger partial charge in [-0.25, -0.2) is 0 Å². The van der Waals surface area contributed by atoms with Gasteiger partial charge < -0.3 is 14.8 Å². The average Bonchev–Trinajstić information content (AvgIpc) is 3.08. The standard InChI is InChI=1S/C21H29N3O3/c1-14(2)24-10-5-8-21(20(24)27)9-11-23(13-21)19(26)16-12-15-6-3-4-7-17(15)22-18(16)25/h12,14H,3-11,13H2,1-2H3,(H,22,25)/t21-/m0/s1. The molecule has 0 saturated carbocycles. The summed E-state index contributed by atoms with van der Waals surface area (Å²) in [5.74, 6) is -0.0469. The molecule has 2 saturated heterocycles. The van der Waals surface area contributed by atoms with Crippen molar-refractivity contribution in [2.45, 2.75) is 64.8 Å². The Labute approximate surface area is 159 Å². The van der Waals surface area contributed by atoms with Crippen molar-refractivity contribution in [3.8, 4) is 0 Å². The SMILES string of the molecule is CC(C)N1CCC[C@@]2(CCN(C(=O)c3cc4c([nH]c3=O)CCCC4)C2)C1=O. The number of carbonyl (C=O) groups excluding carboxylic acids is 2. The van der Waals surface area contributed by atoms with Gasteiger partial charge in [-0.2, -0.15) is 0 Å². The molecule has 1 N–H and O–H groups in total. The molecular weight excluding hydrogens is 342 g/mol. The lowest BCUT2D eigenvalue weighted by molar-refractivity contribution is -0.147. The number of piperidine rings is 1. The first-order valence-electron chi connectivity index (χ1n) is 10.3. The van der Waals surface area contributed by atoms with Crippen molar-refractivity contribution in [1.29, 1.82) is 0 Å². The molecular formula is C21H29N3O3. The molecule has 3 aliphatic rings. The van der Waals surface area contributed by atoms with E-state index in [-0.39, 0.29) is 29.0 Å². The Bertz CT molecular complexity index is 828. The first kappa shape index (κ1) is 18.3. The van der Waals surface area contributed by atoms with Gasteiger partial charge in [0, 0.05) is 31.4 Å². The molecule has 2 aliphatic heterocycles. The van der Waals surface area contributed by atoms with E-state index in [0.29, 0.717) is 19.5 Å². The van der Waals surface area contributed by atoms with Gasteiger partial charge in [-0.3, -0.25) is 14.4 Å². The molecule has 27 heavy (non-hydrogen) atoms. The van der Waals surface area contributed by atoms with E-state index in [1.807, 2.05) is 18.7 Å². The fourth-order valence-electron chi connectivity index (χ4n) is 5.02.